The third-order valence-corrected chi connectivity index (χ3v) is 9.35. The van der Waals surface area contributed by atoms with Crippen molar-refractivity contribution >= 4 is 15.7 Å². The van der Waals surface area contributed by atoms with Gasteiger partial charge in [-0.1, -0.05) is 43.3 Å². The normalized spacial score (nSPS) is 27.8. The van der Waals surface area contributed by atoms with E-state index in [0.717, 1.165) is 32.4 Å². The van der Waals surface area contributed by atoms with Crippen LogP contribution in [0, 0.1) is 11.8 Å². The minimum absolute atomic E-state index is 0.0559. The molecule has 0 radical (unpaired) electrons. The molecule has 6 nitrogen and oxygen atoms in total. The molecular weight excluding hydrogens is 436 g/mol. The molecule has 0 amide bonds. The number of likely N-dealkylation sites (tertiary alicyclic amines) is 1. The second-order valence-corrected chi connectivity index (χ2v) is 12.0. The van der Waals surface area contributed by atoms with Crippen LogP contribution in [0.5, 0.6) is 0 Å². The lowest BCUT2D eigenvalue weighted by Gasteiger charge is -2.32. The average Bonchev–Trinajstić information content (AvgIpc) is 3.04. The van der Waals surface area contributed by atoms with Gasteiger partial charge in [0.25, 0.3) is 0 Å². The van der Waals surface area contributed by atoms with Crippen molar-refractivity contribution in [1.82, 2.24) is 4.90 Å². The molecule has 0 aromatic heterocycles. The summed E-state index contributed by atoms with van der Waals surface area (Å²) in [7, 11) is -1.93. The molecule has 0 bridgehead atoms. The number of aliphatic hydroxyl groups is 1. The number of nitrogens with one attached hydrogen (secondary N) is 1. The van der Waals surface area contributed by atoms with Gasteiger partial charge in [0.05, 0.1) is 18.0 Å². The molecule has 2 aliphatic carbocycles. The van der Waals surface area contributed by atoms with E-state index in [1.54, 1.807) is 0 Å². The number of hydrogen-bond acceptors (Lipinski definition) is 5. The van der Waals surface area contributed by atoms with Gasteiger partial charge in [0.1, 0.15) is 0 Å². The zero-order valence-electron chi connectivity index (χ0n) is 19.5. The highest BCUT2D eigenvalue weighted by Gasteiger charge is 2.67. The molecule has 1 unspecified atom stereocenters. The van der Waals surface area contributed by atoms with Crippen molar-refractivity contribution in [1.29, 1.82) is 0 Å². The van der Waals surface area contributed by atoms with Crippen molar-refractivity contribution in [2.24, 2.45) is 11.8 Å². The van der Waals surface area contributed by atoms with E-state index in [0.29, 0.717) is 24.1 Å². The molecule has 178 valence electrons. The molecule has 1 heterocycles. The summed E-state index contributed by atoms with van der Waals surface area (Å²) in [5, 5.41) is 11.3. The summed E-state index contributed by atoms with van der Waals surface area (Å²) in [5.41, 5.74) is 3.82. The van der Waals surface area contributed by atoms with Crippen molar-refractivity contribution in [2.75, 3.05) is 43.8 Å². The first-order chi connectivity index (χ1) is 15.8. The summed E-state index contributed by atoms with van der Waals surface area (Å²) < 4.78 is 32.2. The van der Waals surface area contributed by atoms with Crippen molar-refractivity contribution in [2.45, 2.75) is 37.2 Å². The highest BCUT2D eigenvalue weighted by atomic mass is 32.2. The van der Waals surface area contributed by atoms with Crippen LogP contribution in [0.2, 0.25) is 0 Å². The lowest BCUT2D eigenvalue weighted by Crippen LogP contribution is -2.45. The Morgan fingerprint density at radius 1 is 1.09 bits per heavy atom. The number of methoxy groups -OCH3 is 1. The number of ether oxygens (including phenoxy) is 1. The lowest BCUT2D eigenvalue weighted by molar-refractivity contribution is 0.0139. The smallest absolute Gasteiger partial charge is 0.234 e. The Labute approximate surface area is 197 Å². The van der Waals surface area contributed by atoms with Gasteiger partial charge in [0, 0.05) is 50.7 Å². The fraction of sp³-hybridized carbons (Fsp3) is 0.538. The molecule has 2 aromatic rings. The standard InChI is InChI=1S/C26H34N2O4S/c1-3-26(21-9-6-10-22(13-21)27-33(30,31)12-11-32-2)23-16-28(17-24(23)26)18-25(29)14-19-7-4-5-8-20(19)15-25/h4-10,13,23-24,27,29H,3,11-12,14-18H2,1-2H3/t23-,24+,26?. The van der Waals surface area contributed by atoms with Crippen LogP contribution < -0.4 is 4.72 Å². The van der Waals surface area contributed by atoms with Crippen molar-refractivity contribution in [3.63, 3.8) is 0 Å². The second kappa shape index (κ2) is 8.38. The monoisotopic (exact) mass is 470 g/mol. The van der Waals surface area contributed by atoms with Gasteiger partial charge in [-0.25, -0.2) is 8.42 Å². The Kier molecular flexibility index (Phi) is 5.80. The Balaban J connectivity index is 1.25. The molecule has 2 N–H and O–H groups in total. The molecule has 7 heteroatoms. The highest BCUT2D eigenvalue weighted by molar-refractivity contribution is 7.92. The lowest BCUT2D eigenvalue weighted by atomic mass is 9.87. The van der Waals surface area contributed by atoms with E-state index in [9.17, 15) is 13.5 Å². The predicted molar refractivity (Wildman–Crippen MR) is 130 cm³/mol. The topological polar surface area (TPSA) is 78.9 Å². The van der Waals surface area contributed by atoms with Gasteiger partial charge in [-0.2, -0.15) is 0 Å². The third kappa shape index (κ3) is 4.20. The van der Waals surface area contributed by atoms with Crippen molar-refractivity contribution < 1.29 is 18.3 Å². The van der Waals surface area contributed by atoms with Crippen molar-refractivity contribution in [3.05, 3.63) is 65.2 Å². The number of fused-ring (bicyclic) bond motifs is 2. The number of rotatable bonds is 9. The van der Waals surface area contributed by atoms with E-state index in [-0.39, 0.29) is 17.8 Å². The fourth-order valence-electron chi connectivity index (χ4n) is 6.60. The summed E-state index contributed by atoms with van der Waals surface area (Å²) >= 11 is 0. The number of piperidine rings is 1. The van der Waals surface area contributed by atoms with Gasteiger partial charge in [-0.05, 0) is 47.1 Å². The predicted octanol–water partition coefficient (Wildman–Crippen LogP) is 2.81. The summed E-state index contributed by atoms with van der Waals surface area (Å²) in [6, 6.07) is 16.3. The molecule has 5 rings (SSSR count). The largest absolute Gasteiger partial charge is 0.388 e. The Bertz CT molecular complexity index is 1100. The number of sulfonamides is 1. The van der Waals surface area contributed by atoms with E-state index < -0.39 is 15.6 Å². The van der Waals surface area contributed by atoms with Gasteiger partial charge < -0.3 is 9.84 Å². The minimum atomic E-state index is -3.43. The molecular formula is C26H34N2O4S. The van der Waals surface area contributed by atoms with Crippen LogP contribution in [-0.4, -0.2) is 63.1 Å². The van der Waals surface area contributed by atoms with Gasteiger partial charge in [-0.15, -0.1) is 0 Å². The molecule has 0 spiro atoms. The first kappa shape index (κ1) is 22.8. The molecule has 33 heavy (non-hydrogen) atoms. The first-order valence-corrected chi connectivity index (χ1v) is 13.6. The van der Waals surface area contributed by atoms with Crippen LogP contribution in [0.4, 0.5) is 5.69 Å². The average molecular weight is 471 g/mol. The number of benzene rings is 2. The Hall–Kier alpha value is -1.93. The van der Waals surface area contributed by atoms with E-state index >= 15 is 0 Å². The molecule has 1 saturated heterocycles. The summed E-state index contributed by atoms with van der Waals surface area (Å²) in [5.74, 6) is 1.05. The Morgan fingerprint density at radius 3 is 2.36 bits per heavy atom. The van der Waals surface area contributed by atoms with Crippen LogP contribution >= 0.6 is 0 Å². The van der Waals surface area contributed by atoms with Crippen LogP contribution in [-0.2, 0) is 33.0 Å². The number of β-amino-alcohol motifs (C(OH)–C–C–N with tert-alkyl or cyclic N) is 1. The van der Waals surface area contributed by atoms with E-state index in [1.807, 2.05) is 18.2 Å². The summed E-state index contributed by atoms with van der Waals surface area (Å²) in [6.45, 7) is 5.10. The first-order valence-electron chi connectivity index (χ1n) is 11.9. The van der Waals surface area contributed by atoms with Gasteiger partial charge in [0.15, 0.2) is 0 Å². The maximum atomic E-state index is 12.3. The second-order valence-electron chi connectivity index (χ2n) is 10.1. The van der Waals surface area contributed by atoms with E-state index in [2.05, 4.69) is 46.9 Å². The van der Waals surface area contributed by atoms with E-state index in [1.165, 1.54) is 23.8 Å². The molecule has 2 aromatic carbocycles. The van der Waals surface area contributed by atoms with Crippen LogP contribution in [0.15, 0.2) is 48.5 Å². The maximum Gasteiger partial charge on any atom is 0.234 e. The number of hydrogen-bond donors (Lipinski definition) is 2. The molecule has 1 saturated carbocycles. The third-order valence-electron chi connectivity index (χ3n) is 8.10. The van der Waals surface area contributed by atoms with Crippen molar-refractivity contribution in [3.8, 4) is 0 Å². The van der Waals surface area contributed by atoms with Crippen LogP contribution in [0.1, 0.15) is 30.0 Å². The fourth-order valence-corrected chi connectivity index (χ4v) is 7.57. The number of anilines is 1. The summed E-state index contributed by atoms with van der Waals surface area (Å²) in [6.07, 6.45) is 2.50. The minimum Gasteiger partial charge on any atom is -0.388 e. The van der Waals surface area contributed by atoms with Crippen LogP contribution in [0.3, 0.4) is 0 Å². The molecule has 3 atom stereocenters. The Morgan fingerprint density at radius 2 is 1.76 bits per heavy atom. The van der Waals surface area contributed by atoms with Gasteiger partial charge >= 0.3 is 0 Å². The highest BCUT2D eigenvalue weighted by Crippen LogP contribution is 2.65. The van der Waals surface area contributed by atoms with Crippen LogP contribution in [0.25, 0.3) is 0 Å². The van der Waals surface area contributed by atoms with E-state index in [4.69, 9.17) is 4.74 Å². The summed E-state index contributed by atoms with van der Waals surface area (Å²) in [4.78, 5) is 2.44. The molecule has 3 aliphatic rings. The molecule has 2 fully saturated rings. The van der Waals surface area contributed by atoms with Gasteiger partial charge in [-0.3, -0.25) is 9.62 Å². The van der Waals surface area contributed by atoms with Gasteiger partial charge in [0.2, 0.25) is 10.0 Å². The zero-order chi connectivity index (χ0) is 23.3. The maximum absolute atomic E-state index is 12.3. The quantitative estimate of drug-likeness (QED) is 0.589. The SMILES string of the molecule is CCC1(c2cccc(NS(=O)(=O)CCOC)c2)[C@@H]2CN(CC3(O)Cc4ccccc4C3)C[C@@H]21. The zero-order valence-corrected chi connectivity index (χ0v) is 20.3. The molecule has 1 aliphatic heterocycles. The number of nitrogens with zero attached hydrogens (tertiary/aromatic N) is 1.